The number of halogens is 1. The minimum Gasteiger partial charge on any atom is -0.465 e. The van der Waals surface area contributed by atoms with Crippen LogP contribution in [0.4, 0.5) is 14.9 Å². The summed E-state index contributed by atoms with van der Waals surface area (Å²) in [4.78, 5) is 15.1. The van der Waals surface area contributed by atoms with Gasteiger partial charge in [0.2, 0.25) is 0 Å². The molecule has 0 fully saturated rings. The van der Waals surface area contributed by atoms with Crippen LogP contribution in [0.2, 0.25) is 25.7 Å². The van der Waals surface area contributed by atoms with Crippen molar-refractivity contribution in [1.82, 2.24) is 9.55 Å². The zero-order valence-electron chi connectivity index (χ0n) is 16.6. The third-order valence-electron chi connectivity index (χ3n) is 4.26. The summed E-state index contributed by atoms with van der Waals surface area (Å²) in [6.45, 7) is 8.02. The Hall–Kier alpha value is -2.91. The summed E-state index contributed by atoms with van der Waals surface area (Å²) >= 11 is 0. The number of hydrogen-bond donors (Lipinski definition) is 2. The molecule has 3 rings (SSSR count). The lowest BCUT2D eigenvalue weighted by Gasteiger charge is -2.15. The van der Waals surface area contributed by atoms with Gasteiger partial charge >= 0.3 is 6.09 Å². The summed E-state index contributed by atoms with van der Waals surface area (Å²) in [5, 5.41) is 11.5. The highest BCUT2D eigenvalue weighted by Gasteiger charge is 2.14. The van der Waals surface area contributed by atoms with Gasteiger partial charge in [0.25, 0.3) is 0 Å². The molecule has 3 aromatic rings. The molecule has 1 aromatic carbocycles. The molecule has 0 spiro atoms. The Balaban J connectivity index is 1.73. The number of anilines is 1. The fourth-order valence-corrected chi connectivity index (χ4v) is 3.46. The fourth-order valence-electron chi connectivity index (χ4n) is 2.70. The molecule has 9 heteroatoms. The minimum absolute atomic E-state index is 0.133. The van der Waals surface area contributed by atoms with Gasteiger partial charge in [-0.25, -0.2) is 14.2 Å². The van der Waals surface area contributed by atoms with Gasteiger partial charge in [-0.2, -0.15) is 0 Å². The van der Waals surface area contributed by atoms with Crippen molar-refractivity contribution >= 4 is 30.9 Å². The van der Waals surface area contributed by atoms with E-state index in [2.05, 4.69) is 24.6 Å². The predicted molar refractivity (Wildman–Crippen MR) is 112 cm³/mol. The van der Waals surface area contributed by atoms with Crippen LogP contribution in [-0.4, -0.2) is 35.4 Å². The number of ether oxygens (including phenoxy) is 2. The molecule has 0 bridgehead atoms. The first-order chi connectivity index (χ1) is 13.7. The second kappa shape index (κ2) is 8.62. The van der Waals surface area contributed by atoms with Crippen LogP contribution in [0.25, 0.3) is 11.0 Å². The third-order valence-corrected chi connectivity index (χ3v) is 5.96. The molecule has 29 heavy (non-hydrogen) atoms. The van der Waals surface area contributed by atoms with Crippen LogP contribution in [-0.2, 0) is 11.5 Å². The molecular formula is C20H24FN3O4Si. The highest BCUT2D eigenvalue weighted by molar-refractivity contribution is 6.76. The van der Waals surface area contributed by atoms with E-state index in [-0.39, 0.29) is 11.4 Å². The normalized spacial score (nSPS) is 11.6. The number of nitrogens with zero attached hydrogens (tertiary/aromatic N) is 2. The van der Waals surface area contributed by atoms with Crippen molar-refractivity contribution in [1.29, 1.82) is 0 Å². The highest BCUT2D eigenvalue weighted by Crippen LogP contribution is 2.31. The molecule has 0 aliphatic carbocycles. The number of benzene rings is 1. The van der Waals surface area contributed by atoms with Crippen molar-refractivity contribution in [2.75, 3.05) is 11.9 Å². The van der Waals surface area contributed by atoms with Crippen LogP contribution in [0.3, 0.4) is 0 Å². The molecular weight excluding hydrogens is 393 g/mol. The summed E-state index contributed by atoms with van der Waals surface area (Å²) < 4.78 is 27.6. The molecule has 0 aliphatic rings. The second-order valence-corrected chi connectivity index (χ2v) is 13.5. The summed E-state index contributed by atoms with van der Waals surface area (Å²) in [5.74, 6) is 0.0582. The van der Waals surface area contributed by atoms with E-state index in [9.17, 15) is 9.18 Å². The zero-order valence-corrected chi connectivity index (χ0v) is 17.6. The van der Waals surface area contributed by atoms with E-state index in [1.807, 2.05) is 22.1 Å². The Kier molecular flexibility index (Phi) is 6.19. The van der Waals surface area contributed by atoms with E-state index >= 15 is 0 Å². The van der Waals surface area contributed by atoms with Crippen molar-refractivity contribution < 1.29 is 23.8 Å². The molecule has 0 saturated heterocycles. The SMILES string of the molecule is C[Si](C)(C)CCOCn1ccc2c(Oc3ccc(NC(=O)O)c(F)c3)ccnc21. The largest absolute Gasteiger partial charge is 0.465 e. The summed E-state index contributed by atoms with van der Waals surface area (Å²) in [6.07, 6.45) is 2.16. The third kappa shape index (κ3) is 5.55. The van der Waals surface area contributed by atoms with Gasteiger partial charge in [0.05, 0.1) is 11.1 Å². The molecule has 0 unspecified atom stereocenters. The van der Waals surface area contributed by atoms with Gasteiger partial charge in [-0.15, -0.1) is 0 Å². The van der Waals surface area contributed by atoms with Crippen molar-refractivity contribution in [3.63, 3.8) is 0 Å². The Labute approximate surface area is 169 Å². The van der Waals surface area contributed by atoms with Gasteiger partial charge in [0, 0.05) is 33.1 Å². The molecule has 0 aliphatic heterocycles. The number of rotatable bonds is 8. The maximum absolute atomic E-state index is 14.1. The van der Waals surface area contributed by atoms with E-state index in [4.69, 9.17) is 14.6 Å². The maximum atomic E-state index is 14.1. The average molecular weight is 418 g/mol. The average Bonchev–Trinajstić information content (AvgIpc) is 3.04. The Morgan fingerprint density at radius 1 is 1.28 bits per heavy atom. The number of nitrogens with one attached hydrogen (secondary N) is 1. The van der Waals surface area contributed by atoms with Crippen LogP contribution < -0.4 is 10.1 Å². The number of carbonyl (C=O) groups is 1. The standard InChI is InChI=1S/C20H24FN3O4Si/c1-29(2,3)11-10-27-13-24-9-7-15-18(6-8-22-19(15)24)28-14-4-5-17(16(21)12-14)23-20(25)26/h4-9,12,23H,10-11,13H2,1-3H3,(H,25,26). The molecule has 0 atom stereocenters. The Morgan fingerprint density at radius 2 is 2.07 bits per heavy atom. The number of fused-ring (bicyclic) bond motifs is 1. The number of carboxylic acid groups (broad SMARTS) is 1. The predicted octanol–water partition coefficient (Wildman–Crippen LogP) is 5.37. The van der Waals surface area contributed by atoms with E-state index in [0.717, 1.165) is 17.5 Å². The molecule has 1 amide bonds. The first-order valence-electron chi connectivity index (χ1n) is 9.22. The monoisotopic (exact) mass is 417 g/mol. The number of hydrogen-bond acceptors (Lipinski definition) is 4. The van der Waals surface area contributed by atoms with E-state index in [1.54, 1.807) is 12.3 Å². The number of aromatic nitrogens is 2. The van der Waals surface area contributed by atoms with E-state index < -0.39 is 20.0 Å². The number of amides is 1. The van der Waals surface area contributed by atoms with Crippen LogP contribution in [0.15, 0.2) is 42.7 Å². The highest BCUT2D eigenvalue weighted by atomic mass is 28.3. The van der Waals surface area contributed by atoms with E-state index in [0.29, 0.717) is 24.7 Å². The molecule has 2 heterocycles. The van der Waals surface area contributed by atoms with Crippen molar-refractivity contribution in [2.45, 2.75) is 32.4 Å². The van der Waals surface area contributed by atoms with Crippen molar-refractivity contribution in [2.24, 2.45) is 0 Å². The minimum atomic E-state index is -1.33. The first-order valence-corrected chi connectivity index (χ1v) is 12.9. The van der Waals surface area contributed by atoms with Gasteiger partial charge < -0.3 is 19.1 Å². The smallest absolute Gasteiger partial charge is 0.409 e. The molecule has 0 radical (unpaired) electrons. The first kappa shape index (κ1) is 20.8. The van der Waals surface area contributed by atoms with Crippen LogP contribution in [0, 0.1) is 5.82 Å². The quantitative estimate of drug-likeness (QED) is 0.380. The fraction of sp³-hybridized carbons (Fsp3) is 0.300. The second-order valence-electron chi connectivity index (χ2n) is 7.85. The molecule has 154 valence electrons. The van der Waals surface area contributed by atoms with Crippen LogP contribution in [0.5, 0.6) is 11.5 Å². The molecule has 2 aromatic heterocycles. The lowest BCUT2D eigenvalue weighted by atomic mass is 10.2. The van der Waals surface area contributed by atoms with Gasteiger partial charge in [0.1, 0.15) is 23.9 Å². The lowest BCUT2D eigenvalue weighted by molar-refractivity contribution is 0.0899. The Bertz CT molecular complexity index is 1020. The molecule has 7 nitrogen and oxygen atoms in total. The van der Waals surface area contributed by atoms with Crippen molar-refractivity contribution in [3.8, 4) is 11.5 Å². The summed E-state index contributed by atoms with van der Waals surface area (Å²) in [7, 11) is -1.14. The van der Waals surface area contributed by atoms with E-state index in [1.165, 1.54) is 12.1 Å². The molecule has 0 saturated carbocycles. The maximum Gasteiger partial charge on any atom is 0.409 e. The van der Waals surface area contributed by atoms with Gasteiger partial charge in [-0.05, 0) is 30.3 Å². The van der Waals surface area contributed by atoms with Gasteiger partial charge in [-0.3, -0.25) is 5.32 Å². The van der Waals surface area contributed by atoms with Gasteiger partial charge in [0.15, 0.2) is 5.82 Å². The summed E-state index contributed by atoms with van der Waals surface area (Å²) in [6, 6.07) is 8.60. The molecule has 2 N–H and O–H groups in total. The van der Waals surface area contributed by atoms with Crippen LogP contribution >= 0.6 is 0 Å². The summed E-state index contributed by atoms with van der Waals surface area (Å²) in [5.41, 5.74) is 0.575. The number of pyridine rings is 1. The van der Waals surface area contributed by atoms with Gasteiger partial charge in [-0.1, -0.05) is 19.6 Å². The lowest BCUT2D eigenvalue weighted by Crippen LogP contribution is -2.22. The van der Waals surface area contributed by atoms with Crippen molar-refractivity contribution in [3.05, 3.63) is 48.5 Å². The van der Waals surface area contributed by atoms with Crippen LogP contribution in [0.1, 0.15) is 0 Å². The Morgan fingerprint density at radius 3 is 2.76 bits per heavy atom. The topological polar surface area (TPSA) is 85.6 Å². The zero-order chi connectivity index (χ0) is 21.0.